The van der Waals surface area contributed by atoms with Crippen LogP contribution in [0.25, 0.3) is 11.0 Å². The van der Waals surface area contributed by atoms with E-state index in [1.54, 1.807) is 0 Å². The minimum absolute atomic E-state index is 0.197. The first-order valence-corrected chi connectivity index (χ1v) is 10.7. The van der Waals surface area contributed by atoms with Gasteiger partial charge in [-0.2, -0.15) is 0 Å². The van der Waals surface area contributed by atoms with Gasteiger partial charge in [0.05, 0.1) is 29.7 Å². The number of benzene rings is 3. The molecule has 2 heterocycles. The van der Waals surface area contributed by atoms with E-state index in [9.17, 15) is 0 Å². The quantitative estimate of drug-likeness (QED) is 0.396. The van der Waals surface area contributed by atoms with Gasteiger partial charge in [-0.05, 0) is 60.9 Å². The molecule has 1 N–H and O–H groups in total. The molecule has 0 fully saturated rings. The molecule has 5 heteroatoms. The summed E-state index contributed by atoms with van der Waals surface area (Å²) in [6.45, 7) is 2.68. The fourth-order valence-electron chi connectivity index (χ4n) is 4.16. The van der Waals surface area contributed by atoms with Crippen molar-refractivity contribution in [2.45, 2.75) is 25.4 Å². The van der Waals surface area contributed by atoms with E-state index in [1.165, 1.54) is 11.1 Å². The van der Waals surface area contributed by atoms with Crippen LogP contribution in [0.15, 0.2) is 77.3 Å². The van der Waals surface area contributed by atoms with E-state index >= 15 is 0 Å². The molecule has 2 atom stereocenters. The van der Waals surface area contributed by atoms with Gasteiger partial charge in [0.2, 0.25) is 5.95 Å². The van der Waals surface area contributed by atoms with Crippen molar-refractivity contribution in [3.8, 4) is 5.75 Å². The average Bonchev–Trinajstić information content (AvgIpc) is 3.13. The van der Waals surface area contributed by atoms with Crippen LogP contribution in [0.2, 0.25) is 0 Å². The molecule has 1 aliphatic rings. The van der Waals surface area contributed by atoms with Crippen LogP contribution in [0.4, 0.5) is 5.95 Å². The average molecular weight is 448 g/mol. The Balaban J connectivity index is 1.60. The number of anilines is 1. The lowest BCUT2D eigenvalue weighted by atomic mass is 9.93. The number of imidazole rings is 1. The molecule has 4 aromatic rings. The van der Waals surface area contributed by atoms with E-state index in [-0.39, 0.29) is 12.1 Å². The van der Waals surface area contributed by atoms with E-state index in [2.05, 4.69) is 92.5 Å². The molecular formula is C24H22BrN3O. The Morgan fingerprint density at radius 1 is 1.00 bits per heavy atom. The van der Waals surface area contributed by atoms with Crippen LogP contribution < -0.4 is 10.1 Å². The standard InChI is InChI=1S/C24H22BrN3O/c1-2-29-19-13-9-17(10-14-19)23-15-21(16-7-11-18(25)12-8-16)27-24-26-20-5-3-4-6-22(20)28(23)24/h3-14,21,23H,2,15H2,1H3,(H,26,27)/t21-,23+/m1/s1. The SMILES string of the molecule is CCOc1ccc([C@@H]2C[C@H](c3ccc(Br)cc3)Nc3nc4ccccc4n32)cc1. The molecular weight excluding hydrogens is 426 g/mol. The van der Waals surface area contributed by atoms with E-state index in [0.29, 0.717) is 6.61 Å². The summed E-state index contributed by atoms with van der Waals surface area (Å²) >= 11 is 3.54. The Labute approximate surface area is 178 Å². The maximum absolute atomic E-state index is 5.64. The van der Waals surface area contributed by atoms with Gasteiger partial charge in [0.25, 0.3) is 0 Å². The van der Waals surface area contributed by atoms with Crippen molar-refractivity contribution in [3.63, 3.8) is 0 Å². The zero-order valence-electron chi connectivity index (χ0n) is 16.2. The Hall–Kier alpha value is -2.79. The minimum atomic E-state index is 0.197. The number of aromatic nitrogens is 2. The molecule has 0 radical (unpaired) electrons. The fourth-order valence-corrected chi connectivity index (χ4v) is 4.42. The van der Waals surface area contributed by atoms with Gasteiger partial charge in [0, 0.05) is 4.47 Å². The predicted molar refractivity (Wildman–Crippen MR) is 121 cm³/mol. The van der Waals surface area contributed by atoms with Crippen LogP contribution in [0, 0.1) is 0 Å². The molecule has 0 spiro atoms. The van der Waals surface area contributed by atoms with E-state index < -0.39 is 0 Å². The normalized spacial score (nSPS) is 18.3. The van der Waals surface area contributed by atoms with Crippen LogP contribution >= 0.6 is 15.9 Å². The summed E-state index contributed by atoms with van der Waals surface area (Å²) in [5, 5.41) is 3.67. The highest BCUT2D eigenvalue weighted by Crippen LogP contribution is 2.41. The van der Waals surface area contributed by atoms with Crippen LogP contribution in [-0.4, -0.2) is 16.2 Å². The number of hydrogen-bond donors (Lipinski definition) is 1. The Morgan fingerprint density at radius 3 is 2.48 bits per heavy atom. The van der Waals surface area contributed by atoms with Crippen LogP contribution in [-0.2, 0) is 0 Å². The minimum Gasteiger partial charge on any atom is -0.494 e. The smallest absolute Gasteiger partial charge is 0.204 e. The lowest BCUT2D eigenvalue weighted by molar-refractivity contribution is 0.340. The Kier molecular flexibility index (Phi) is 4.76. The second-order valence-electron chi connectivity index (χ2n) is 7.30. The maximum Gasteiger partial charge on any atom is 0.204 e. The van der Waals surface area contributed by atoms with Crippen LogP contribution in [0.5, 0.6) is 5.75 Å². The first-order chi connectivity index (χ1) is 14.2. The van der Waals surface area contributed by atoms with E-state index in [0.717, 1.165) is 33.6 Å². The third kappa shape index (κ3) is 3.40. The third-order valence-electron chi connectivity index (χ3n) is 5.52. The van der Waals surface area contributed by atoms with Gasteiger partial charge >= 0.3 is 0 Å². The third-order valence-corrected chi connectivity index (χ3v) is 6.05. The molecule has 0 bridgehead atoms. The number of ether oxygens (including phenoxy) is 1. The summed E-state index contributed by atoms with van der Waals surface area (Å²) < 4.78 is 9.06. The summed E-state index contributed by atoms with van der Waals surface area (Å²) in [5.41, 5.74) is 4.70. The number of nitrogens with one attached hydrogen (secondary N) is 1. The number of hydrogen-bond acceptors (Lipinski definition) is 3. The van der Waals surface area contributed by atoms with Crippen molar-refractivity contribution in [1.29, 1.82) is 0 Å². The zero-order valence-corrected chi connectivity index (χ0v) is 17.8. The molecule has 1 aliphatic heterocycles. The lowest BCUT2D eigenvalue weighted by Gasteiger charge is -2.33. The summed E-state index contributed by atoms with van der Waals surface area (Å²) in [5.74, 6) is 1.83. The molecule has 1 aromatic heterocycles. The van der Waals surface area contributed by atoms with Crippen molar-refractivity contribution in [1.82, 2.24) is 9.55 Å². The highest BCUT2D eigenvalue weighted by molar-refractivity contribution is 9.10. The number of halogens is 1. The van der Waals surface area contributed by atoms with Crippen molar-refractivity contribution < 1.29 is 4.74 Å². The number of para-hydroxylation sites is 2. The van der Waals surface area contributed by atoms with Gasteiger partial charge in [0.1, 0.15) is 5.75 Å². The van der Waals surface area contributed by atoms with E-state index in [1.807, 2.05) is 13.0 Å². The number of nitrogens with zero attached hydrogens (tertiary/aromatic N) is 2. The molecule has 29 heavy (non-hydrogen) atoms. The molecule has 3 aromatic carbocycles. The highest BCUT2D eigenvalue weighted by atomic mass is 79.9. The lowest BCUT2D eigenvalue weighted by Crippen LogP contribution is -2.27. The monoisotopic (exact) mass is 447 g/mol. The van der Waals surface area contributed by atoms with E-state index in [4.69, 9.17) is 9.72 Å². The molecule has 0 amide bonds. The van der Waals surface area contributed by atoms with Gasteiger partial charge in [0.15, 0.2) is 0 Å². The van der Waals surface area contributed by atoms with Crippen molar-refractivity contribution in [3.05, 3.63) is 88.4 Å². The molecule has 0 aliphatic carbocycles. The van der Waals surface area contributed by atoms with Crippen molar-refractivity contribution in [2.24, 2.45) is 0 Å². The van der Waals surface area contributed by atoms with Gasteiger partial charge in [-0.1, -0.05) is 52.3 Å². The summed E-state index contributed by atoms with van der Waals surface area (Å²) in [6.07, 6.45) is 0.947. The molecule has 0 saturated heterocycles. The maximum atomic E-state index is 5.64. The number of rotatable bonds is 4. The highest BCUT2D eigenvalue weighted by Gasteiger charge is 2.30. The van der Waals surface area contributed by atoms with Crippen molar-refractivity contribution >= 4 is 32.9 Å². The first kappa shape index (κ1) is 18.3. The molecule has 146 valence electrons. The Bertz CT molecular complexity index is 1140. The van der Waals surface area contributed by atoms with Crippen molar-refractivity contribution in [2.75, 3.05) is 11.9 Å². The van der Waals surface area contributed by atoms with Crippen LogP contribution in [0.3, 0.4) is 0 Å². The zero-order chi connectivity index (χ0) is 19.8. The second kappa shape index (κ2) is 7.56. The molecule has 0 saturated carbocycles. The van der Waals surface area contributed by atoms with Gasteiger partial charge in [-0.25, -0.2) is 4.98 Å². The molecule has 5 rings (SSSR count). The van der Waals surface area contributed by atoms with Gasteiger partial charge in [-0.15, -0.1) is 0 Å². The van der Waals surface area contributed by atoms with Gasteiger partial charge in [-0.3, -0.25) is 0 Å². The second-order valence-corrected chi connectivity index (χ2v) is 8.21. The van der Waals surface area contributed by atoms with Gasteiger partial charge < -0.3 is 14.6 Å². The first-order valence-electron chi connectivity index (χ1n) is 9.94. The Morgan fingerprint density at radius 2 is 1.72 bits per heavy atom. The summed E-state index contributed by atoms with van der Waals surface area (Å²) in [6, 6.07) is 25.8. The number of fused-ring (bicyclic) bond motifs is 3. The largest absolute Gasteiger partial charge is 0.494 e. The predicted octanol–water partition coefficient (Wildman–Crippen LogP) is 6.34. The summed E-state index contributed by atoms with van der Waals surface area (Å²) in [4.78, 5) is 4.89. The van der Waals surface area contributed by atoms with Crippen LogP contribution in [0.1, 0.15) is 36.6 Å². The fraction of sp³-hybridized carbons (Fsp3) is 0.208. The molecule has 0 unspecified atom stereocenters. The summed E-state index contributed by atoms with van der Waals surface area (Å²) in [7, 11) is 0. The topological polar surface area (TPSA) is 39.1 Å². The molecule has 4 nitrogen and oxygen atoms in total.